The van der Waals surface area contributed by atoms with E-state index in [1.54, 1.807) is 0 Å². The number of hydrogen-bond donors (Lipinski definition) is 2. The van der Waals surface area contributed by atoms with E-state index in [1.165, 1.54) is 0 Å². The number of hydrogen-bond acceptors (Lipinski definition) is 7. The second-order valence-corrected chi connectivity index (χ2v) is 6.49. The number of thioether (sulfide) groups is 1. The molecule has 0 aliphatic heterocycles. The number of aliphatic hydroxyl groups is 1. The zero-order chi connectivity index (χ0) is 18.6. The monoisotopic (exact) mass is 375 g/mol. The fraction of sp³-hybridized carbons (Fsp3) is 0.0526. The molecule has 2 aromatic heterocycles. The molecule has 2 N–H and O–H groups in total. The summed E-state index contributed by atoms with van der Waals surface area (Å²) in [6, 6.07) is 18.8. The van der Waals surface area contributed by atoms with Gasteiger partial charge in [-0.1, -0.05) is 42.1 Å². The Balaban J connectivity index is 1.53. The molecule has 4 rings (SSSR count). The maximum atomic E-state index is 10.4. The summed E-state index contributed by atoms with van der Waals surface area (Å²) in [7, 11) is 0. The molecule has 0 aliphatic rings. The minimum atomic E-state index is -0.110. The molecular weight excluding hydrogens is 362 g/mol. The second-order valence-electron chi connectivity index (χ2n) is 5.56. The lowest BCUT2D eigenvalue weighted by atomic mass is 10.2. The van der Waals surface area contributed by atoms with E-state index in [-0.39, 0.29) is 17.1 Å². The molecule has 0 unspecified atom stereocenters. The molecule has 0 bridgehead atoms. The van der Waals surface area contributed by atoms with Gasteiger partial charge in [0.2, 0.25) is 5.89 Å². The highest BCUT2D eigenvalue weighted by Gasteiger charge is 2.15. The van der Waals surface area contributed by atoms with Crippen LogP contribution in [0.25, 0.3) is 28.1 Å². The van der Waals surface area contributed by atoms with Crippen LogP contribution in [-0.2, 0) is 0 Å². The van der Waals surface area contributed by atoms with Gasteiger partial charge in [-0.25, -0.2) is 4.98 Å². The third-order valence-corrected chi connectivity index (χ3v) is 4.62. The molecule has 0 radical (unpaired) electrons. The summed E-state index contributed by atoms with van der Waals surface area (Å²) in [4.78, 5) is 7.39. The van der Waals surface area contributed by atoms with Crippen molar-refractivity contribution in [3.8, 4) is 17.5 Å². The van der Waals surface area contributed by atoms with Crippen LogP contribution in [0.15, 0.2) is 70.0 Å². The van der Waals surface area contributed by atoms with Crippen LogP contribution in [0.3, 0.4) is 0 Å². The van der Waals surface area contributed by atoms with E-state index in [9.17, 15) is 10.4 Å². The van der Waals surface area contributed by atoms with Crippen LogP contribution in [0.4, 0.5) is 0 Å². The summed E-state index contributed by atoms with van der Waals surface area (Å²) in [6.45, 7) is 0. The zero-order valence-corrected chi connectivity index (χ0v) is 14.8. The zero-order valence-electron chi connectivity index (χ0n) is 14.0. The Kier molecular flexibility index (Phi) is 4.60. The van der Waals surface area contributed by atoms with Crippen molar-refractivity contribution in [2.45, 2.75) is 5.22 Å². The lowest BCUT2D eigenvalue weighted by Gasteiger charge is -2.00. The molecule has 0 spiro atoms. The first-order chi connectivity index (χ1) is 13.2. The fourth-order valence-corrected chi connectivity index (χ4v) is 3.13. The van der Waals surface area contributed by atoms with Crippen LogP contribution >= 0.6 is 11.8 Å². The average Bonchev–Trinajstić information content (AvgIpc) is 3.34. The molecule has 2 heterocycles. The lowest BCUT2D eigenvalue weighted by molar-refractivity contribution is 0.418. The van der Waals surface area contributed by atoms with Gasteiger partial charge in [-0.2, -0.15) is 5.26 Å². The summed E-state index contributed by atoms with van der Waals surface area (Å²) in [6.07, 6.45) is 0. The van der Waals surface area contributed by atoms with Gasteiger partial charge in [-0.3, -0.25) is 0 Å². The normalized spacial score (nSPS) is 12.0. The number of para-hydroxylation sites is 2. The Morgan fingerprint density at radius 1 is 1.11 bits per heavy atom. The Bertz CT molecular complexity index is 1120. The fourth-order valence-electron chi connectivity index (χ4n) is 2.49. The van der Waals surface area contributed by atoms with Crippen molar-refractivity contribution in [3.63, 3.8) is 0 Å². The van der Waals surface area contributed by atoms with Gasteiger partial charge in [0.05, 0.1) is 16.8 Å². The summed E-state index contributed by atoms with van der Waals surface area (Å²) < 4.78 is 5.59. The number of allylic oxidation sites excluding steroid dienone is 1. The van der Waals surface area contributed by atoms with Gasteiger partial charge >= 0.3 is 0 Å². The molecular formula is C19H13N5O2S. The molecule has 0 aliphatic carbocycles. The number of rotatable bonds is 5. The Hall–Kier alpha value is -3.57. The van der Waals surface area contributed by atoms with Crippen LogP contribution in [0.1, 0.15) is 5.82 Å². The highest BCUT2D eigenvalue weighted by atomic mass is 32.2. The topological polar surface area (TPSA) is 112 Å². The molecule has 7 nitrogen and oxygen atoms in total. The van der Waals surface area contributed by atoms with Crippen LogP contribution in [0.2, 0.25) is 0 Å². The van der Waals surface area contributed by atoms with E-state index in [2.05, 4.69) is 20.2 Å². The van der Waals surface area contributed by atoms with E-state index < -0.39 is 0 Å². The minimum absolute atomic E-state index is 0.0847. The van der Waals surface area contributed by atoms with Crippen molar-refractivity contribution in [2.24, 2.45) is 0 Å². The van der Waals surface area contributed by atoms with Gasteiger partial charge in [0.25, 0.3) is 5.22 Å². The lowest BCUT2D eigenvalue weighted by Crippen LogP contribution is -1.95. The molecule has 0 saturated heterocycles. The van der Waals surface area contributed by atoms with E-state index in [1.807, 2.05) is 60.7 Å². The van der Waals surface area contributed by atoms with Gasteiger partial charge in [0, 0.05) is 5.56 Å². The van der Waals surface area contributed by atoms with Gasteiger partial charge in [-0.15, -0.1) is 10.2 Å². The summed E-state index contributed by atoms with van der Waals surface area (Å²) in [5.74, 6) is 0.726. The second kappa shape index (κ2) is 7.35. The summed E-state index contributed by atoms with van der Waals surface area (Å²) >= 11 is 1.15. The van der Waals surface area contributed by atoms with E-state index in [0.717, 1.165) is 28.4 Å². The van der Waals surface area contributed by atoms with Gasteiger partial charge in [-0.05, 0) is 24.3 Å². The Labute approximate surface area is 158 Å². The number of imidazole rings is 1. The van der Waals surface area contributed by atoms with Crippen molar-refractivity contribution >= 4 is 28.4 Å². The average molecular weight is 375 g/mol. The Morgan fingerprint density at radius 2 is 1.89 bits per heavy atom. The number of nitrogens with one attached hydrogen (secondary N) is 1. The van der Waals surface area contributed by atoms with Gasteiger partial charge in [0.1, 0.15) is 17.4 Å². The summed E-state index contributed by atoms with van der Waals surface area (Å²) in [5.41, 5.74) is 2.42. The number of aliphatic hydroxyl groups excluding tert-OH is 1. The third-order valence-electron chi connectivity index (χ3n) is 3.79. The highest BCUT2D eigenvalue weighted by Crippen LogP contribution is 2.26. The molecule has 8 heteroatoms. The maximum Gasteiger partial charge on any atom is 0.277 e. The number of benzene rings is 2. The molecule has 132 valence electrons. The number of aromatic nitrogens is 4. The first kappa shape index (κ1) is 16.9. The van der Waals surface area contributed by atoms with Crippen LogP contribution in [0, 0.1) is 11.3 Å². The molecule has 0 fully saturated rings. The van der Waals surface area contributed by atoms with Crippen molar-refractivity contribution in [1.82, 2.24) is 20.2 Å². The third kappa shape index (κ3) is 3.54. The van der Waals surface area contributed by atoms with Crippen LogP contribution in [0.5, 0.6) is 0 Å². The van der Waals surface area contributed by atoms with Crippen molar-refractivity contribution in [1.29, 1.82) is 5.26 Å². The Morgan fingerprint density at radius 3 is 2.67 bits per heavy atom. The minimum Gasteiger partial charge on any atom is -0.510 e. The highest BCUT2D eigenvalue weighted by molar-refractivity contribution is 7.99. The number of aromatic amines is 1. The molecule has 27 heavy (non-hydrogen) atoms. The largest absolute Gasteiger partial charge is 0.510 e. The van der Waals surface area contributed by atoms with E-state index >= 15 is 0 Å². The number of H-pyrrole nitrogens is 1. The molecule has 0 atom stereocenters. The van der Waals surface area contributed by atoms with Gasteiger partial charge < -0.3 is 14.5 Å². The first-order valence-corrected chi connectivity index (χ1v) is 9.02. The number of nitrogens with zero attached hydrogens (tertiary/aromatic N) is 4. The van der Waals surface area contributed by atoms with E-state index in [0.29, 0.717) is 16.9 Å². The number of nitriles is 1. The molecule has 0 saturated carbocycles. The first-order valence-electron chi connectivity index (χ1n) is 8.03. The predicted octanol–water partition coefficient (Wildman–Crippen LogP) is 4.20. The molecule has 2 aromatic carbocycles. The van der Waals surface area contributed by atoms with E-state index in [4.69, 9.17) is 4.42 Å². The molecule has 0 amide bonds. The number of fused-ring (bicyclic) bond motifs is 1. The predicted molar refractivity (Wildman–Crippen MR) is 102 cm³/mol. The SMILES string of the molecule is N#CC(=C(O)CSc1nnc(-c2ccccc2)o1)c1nc2ccccc2[nH]1. The van der Waals surface area contributed by atoms with Crippen molar-refractivity contribution in [2.75, 3.05) is 5.75 Å². The van der Waals surface area contributed by atoms with Crippen molar-refractivity contribution in [3.05, 3.63) is 66.2 Å². The summed E-state index contributed by atoms with van der Waals surface area (Å²) in [5, 5.41) is 28.1. The quantitative estimate of drug-likeness (QED) is 0.305. The van der Waals surface area contributed by atoms with Crippen molar-refractivity contribution < 1.29 is 9.52 Å². The maximum absolute atomic E-state index is 10.4. The van der Waals surface area contributed by atoms with Crippen LogP contribution < -0.4 is 0 Å². The standard InChI is InChI=1S/C19H13N5O2S/c20-10-13(17-21-14-8-4-5-9-15(14)22-17)16(25)11-27-19-24-23-18(26-19)12-6-2-1-3-7-12/h1-9,25H,11H2,(H,21,22). The smallest absolute Gasteiger partial charge is 0.277 e. The molecule has 4 aromatic rings. The van der Waals surface area contributed by atoms with Gasteiger partial charge in [0.15, 0.2) is 5.82 Å². The van der Waals surface area contributed by atoms with Crippen LogP contribution in [-0.4, -0.2) is 31.0 Å².